The van der Waals surface area contributed by atoms with Crippen LogP contribution in [0.5, 0.6) is 5.75 Å². The second-order valence-electron chi connectivity index (χ2n) is 6.31. The third-order valence-electron chi connectivity index (χ3n) is 4.60. The van der Waals surface area contributed by atoms with Crippen molar-refractivity contribution in [3.05, 3.63) is 47.7 Å². The summed E-state index contributed by atoms with van der Waals surface area (Å²) < 4.78 is 10.5. The van der Waals surface area contributed by atoms with Crippen LogP contribution in [0.25, 0.3) is 11.3 Å². The number of hydrogen-bond acceptors (Lipinski definition) is 6. The van der Waals surface area contributed by atoms with Crippen molar-refractivity contribution in [2.75, 3.05) is 20.2 Å². The summed E-state index contributed by atoms with van der Waals surface area (Å²) in [5.41, 5.74) is 2.08. The van der Waals surface area contributed by atoms with Gasteiger partial charge in [-0.3, -0.25) is 9.89 Å². The number of carbonyl (C=O) groups is 1. The van der Waals surface area contributed by atoms with Gasteiger partial charge in [0.05, 0.1) is 30.5 Å². The second-order valence-corrected chi connectivity index (χ2v) is 6.31. The molecule has 1 saturated heterocycles. The van der Waals surface area contributed by atoms with Crippen LogP contribution >= 0.6 is 0 Å². The van der Waals surface area contributed by atoms with Crippen molar-refractivity contribution < 1.29 is 14.1 Å². The number of aryl methyl sites for hydroxylation is 1. The van der Waals surface area contributed by atoms with Gasteiger partial charge in [0.1, 0.15) is 5.75 Å². The van der Waals surface area contributed by atoms with E-state index in [4.69, 9.17) is 9.26 Å². The van der Waals surface area contributed by atoms with Crippen LogP contribution < -0.4 is 4.74 Å². The van der Waals surface area contributed by atoms with E-state index in [0.29, 0.717) is 36.1 Å². The molecule has 1 N–H and O–H groups in total. The maximum atomic E-state index is 13.0. The zero-order valence-corrected chi connectivity index (χ0v) is 14.6. The largest absolute Gasteiger partial charge is 0.497 e. The maximum Gasteiger partial charge on any atom is 0.257 e. The van der Waals surface area contributed by atoms with E-state index in [-0.39, 0.29) is 11.8 Å². The molecule has 1 aliphatic heterocycles. The number of aromatic amines is 1. The van der Waals surface area contributed by atoms with Crippen LogP contribution in [0.15, 0.2) is 35.0 Å². The van der Waals surface area contributed by atoms with E-state index < -0.39 is 0 Å². The predicted molar refractivity (Wildman–Crippen MR) is 92.9 cm³/mol. The smallest absolute Gasteiger partial charge is 0.257 e. The zero-order valence-electron chi connectivity index (χ0n) is 14.6. The molecular formula is C18H19N5O3. The number of benzene rings is 1. The molecule has 0 aliphatic carbocycles. The Labute approximate surface area is 150 Å². The Morgan fingerprint density at radius 2 is 2.31 bits per heavy atom. The Kier molecular flexibility index (Phi) is 4.16. The van der Waals surface area contributed by atoms with Crippen molar-refractivity contribution in [3.63, 3.8) is 0 Å². The average Bonchev–Trinajstić information content (AvgIpc) is 3.41. The Morgan fingerprint density at radius 1 is 1.42 bits per heavy atom. The normalized spacial score (nSPS) is 16.8. The molecule has 0 spiro atoms. The summed E-state index contributed by atoms with van der Waals surface area (Å²) >= 11 is 0. The van der Waals surface area contributed by atoms with Gasteiger partial charge in [0.15, 0.2) is 5.82 Å². The Hall–Kier alpha value is -3.16. The van der Waals surface area contributed by atoms with E-state index >= 15 is 0 Å². The molecule has 0 saturated carbocycles. The molecule has 0 bridgehead atoms. The maximum absolute atomic E-state index is 13.0. The number of hydrogen-bond donors (Lipinski definition) is 1. The van der Waals surface area contributed by atoms with Crippen LogP contribution in [0.4, 0.5) is 0 Å². The Morgan fingerprint density at radius 3 is 3.08 bits per heavy atom. The van der Waals surface area contributed by atoms with Gasteiger partial charge in [-0.1, -0.05) is 17.3 Å². The Balaban J connectivity index is 1.55. The highest BCUT2D eigenvalue weighted by molar-refractivity contribution is 6.00. The zero-order chi connectivity index (χ0) is 18.1. The van der Waals surface area contributed by atoms with Crippen LogP contribution in [0, 0.1) is 6.92 Å². The van der Waals surface area contributed by atoms with Crippen molar-refractivity contribution in [2.24, 2.45) is 0 Å². The molecule has 1 aliphatic rings. The molecule has 3 aromatic rings. The van der Waals surface area contributed by atoms with E-state index in [9.17, 15) is 4.79 Å². The number of likely N-dealkylation sites (tertiary alicyclic amines) is 1. The molecule has 8 heteroatoms. The first-order valence-electron chi connectivity index (χ1n) is 8.43. The van der Waals surface area contributed by atoms with Crippen LogP contribution in [0.2, 0.25) is 0 Å². The van der Waals surface area contributed by atoms with Gasteiger partial charge < -0.3 is 14.2 Å². The lowest BCUT2D eigenvalue weighted by atomic mass is 10.1. The lowest BCUT2D eigenvalue weighted by molar-refractivity contribution is 0.0790. The lowest BCUT2D eigenvalue weighted by Gasteiger charge is -2.16. The molecule has 8 nitrogen and oxygen atoms in total. The number of aromatic nitrogens is 4. The van der Waals surface area contributed by atoms with E-state index in [2.05, 4.69) is 20.3 Å². The van der Waals surface area contributed by atoms with Crippen molar-refractivity contribution >= 4 is 5.91 Å². The third kappa shape index (κ3) is 2.94. The molecule has 1 atom stereocenters. The molecule has 1 amide bonds. The number of nitrogens with one attached hydrogen (secondary N) is 1. The molecule has 0 radical (unpaired) electrons. The molecule has 1 aromatic carbocycles. The summed E-state index contributed by atoms with van der Waals surface area (Å²) in [6, 6.07) is 7.53. The molecule has 3 heterocycles. The molecule has 2 aromatic heterocycles. The van der Waals surface area contributed by atoms with Gasteiger partial charge in [0, 0.05) is 18.7 Å². The van der Waals surface area contributed by atoms with E-state index in [1.54, 1.807) is 25.1 Å². The highest BCUT2D eigenvalue weighted by atomic mass is 16.5. The first-order valence-corrected chi connectivity index (χ1v) is 8.43. The fraction of sp³-hybridized carbons (Fsp3) is 0.333. The van der Waals surface area contributed by atoms with Crippen molar-refractivity contribution in [3.8, 4) is 17.0 Å². The molecule has 26 heavy (non-hydrogen) atoms. The average molecular weight is 353 g/mol. The topological polar surface area (TPSA) is 97.1 Å². The van der Waals surface area contributed by atoms with Crippen LogP contribution in [0.1, 0.15) is 34.4 Å². The number of ether oxygens (including phenoxy) is 1. The summed E-state index contributed by atoms with van der Waals surface area (Å²) in [5, 5.41) is 10.8. The number of rotatable bonds is 4. The van der Waals surface area contributed by atoms with Crippen molar-refractivity contribution in [2.45, 2.75) is 19.3 Å². The SMILES string of the molecule is COc1cccc(-c2[nH]ncc2C(=O)N2CC[C@@H](c3nc(C)no3)C2)c1. The van der Waals surface area contributed by atoms with Gasteiger partial charge in [-0.05, 0) is 25.5 Å². The number of H-pyrrole nitrogens is 1. The fourth-order valence-corrected chi connectivity index (χ4v) is 3.24. The number of carbonyl (C=O) groups excluding carboxylic acids is 1. The number of nitrogens with zero attached hydrogens (tertiary/aromatic N) is 4. The van der Waals surface area contributed by atoms with Gasteiger partial charge >= 0.3 is 0 Å². The molecular weight excluding hydrogens is 334 g/mol. The summed E-state index contributed by atoms with van der Waals surface area (Å²) in [6.45, 7) is 2.99. The highest BCUT2D eigenvalue weighted by Gasteiger charge is 2.32. The standard InChI is InChI=1S/C18H19N5O3/c1-11-20-17(26-22-11)13-6-7-23(10-13)18(24)15-9-19-21-16(15)12-4-3-5-14(8-12)25-2/h3-5,8-9,13H,6-7,10H2,1-2H3,(H,19,21)/t13-/m1/s1. The predicted octanol–water partition coefficient (Wildman–Crippen LogP) is 2.41. The van der Waals surface area contributed by atoms with Crippen LogP contribution in [0.3, 0.4) is 0 Å². The van der Waals surface area contributed by atoms with Gasteiger partial charge in [0.2, 0.25) is 5.89 Å². The summed E-state index contributed by atoms with van der Waals surface area (Å²) in [7, 11) is 1.61. The van der Waals surface area contributed by atoms with E-state index in [1.165, 1.54) is 0 Å². The molecule has 1 fully saturated rings. The quantitative estimate of drug-likeness (QED) is 0.773. The van der Waals surface area contributed by atoms with Gasteiger partial charge in [-0.15, -0.1) is 0 Å². The van der Waals surface area contributed by atoms with E-state index in [0.717, 1.165) is 17.7 Å². The second kappa shape index (κ2) is 6.62. The van der Waals surface area contributed by atoms with Crippen LogP contribution in [-0.2, 0) is 0 Å². The molecule has 0 unspecified atom stereocenters. The molecule has 4 rings (SSSR count). The molecule has 134 valence electrons. The minimum absolute atomic E-state index is 0.0599. The third-order valence-corrected chi connectivity index (χ3v) is 4.60. The Bertz CT molecular complexity index is 932. The summed E-state index contributed by atoms with van der Waals surface area (Å²) in [4.78, 5) is 19.1. The summed E-state index contributed by atoms with van der Waals surface area (Å²) in [5.74, 6) is 1.95. The highest BCUT2D eigenvalue weighted by Crippen LogP contribution is 2.30. The number of methoxy groups -OCH3 is 1. The fourth-order valence-electron chi connectivity index (χ4n) is 3.24. The number of amides is 1. The first-order chi connectivity index (χ1) is 12.7. The monoisotopic (exact) mass is 353 g/mol. The van der Waals surface area contributed by atoms with Gasteiger partial charge in [0.25, 0.3) is 5.91 Å². The van der Waals surface area contributed by atoms with Crippen molar-refractivity contribution in [1.29, 1.82) is 0 Å². The minimum atomic E-state index is -0.0599. The van der Waals surface area contributed by atoms with Crippen molar-refractivity contribution in [1.82, 2.24) is 25.2 Å². The first kappa shape index (κ1) is 16.3. The van der Waals surface area contributed by atoms with Gasteiger partial charge in [-0.2, -0.15) is 10.1 Å². The summed E-state index contributed by atoms with van der Waals surface area (Å²) in [6.07, 6.45) is 2.38. The van der Waals surface area contributed by atoms with Gasteiger partial charge in [-0.25, -0.2) is 0 Å². The van der Waals surface area contributed by atoms with Crippen LogP contribution in [-0.4, -0.2) is 51.3 Å². The van der Waals surface area contributed by atoms with E-state index in [1.807, 2.05) is 24.3 Å². The minimum Gasteiger partial charge on any atom is -0.497 e. The lowest BCUT2D eigenvalue weighted by Crippen LogP contribution is -2.28.